The Morgan fingerprint density at radius 3 is 2.85 bits per heavy atom. The normalized spacial score (nSPS) is 18.1. The van der Waals surface area contributed by atoms with E-state index >= 15 is 0 Å². The van der Waals surface area contributed by atoms with Crippen molar-refractivity contribution in [2.24, 2.45) is 0 Å². The molecule has 0 aliphatic carbocycles. The minimum atomic E-state index is -0.162. The van der Waals surface area contributed by atoms with Gasteiger partial charge in [0.2, 0.25) is 0 Å². The predicted molar refractivity (Wildman–Crippen MR) is 77.8 cm³/mol. The highest BCUT2D eigenvalue weighted by Crippen LogP contribution is 2.26. The molecule has 1 aliphatic heterocycles. The van der Waals surface area contributed by atoms with E-state index in [9.17, 15) is 0 Å². The molecule has 5 nitrogen and oxygen atoms in total. The summed E-state index contributed by atoms with van der Waals surface area (Å²) in [5.74, 6) is 0.860. The summed E-state index contributed by atoms with van der Waals surface area (Å²) in [6.45, 7) is 2.23. The average Bonchev–Trinajstić information content (AvgIpc) is 2.54. The van der Waals surface area contributed by atoms with Crippen molar-refractivity contribution in [1.82, 2.24) is 9.97 Å². The van der Waals surface area contributed by atoms with Crippen LogP contribution >= 0.6 is 0 Å². The van der Waals surface area contributed by atoms with Crippen LogP contribution in [0.25, 0.3) is 10.9 Å². The molecule has 1 saturated heterocycles. The Balaban J connectivity index is 1.79. The number of hydrogen-bond acceptors (Lipinski definition) is 5. The van der Waals surface area contributed by atoms with Crippen LogP contribution in [0.4, 0.5) is 5.82 Å². The molecule has 0 bridgehead atoms. The molecule has 0 atom stereocenters. The molecule has 0 amide bonds. The van der Waals surface area contributed by atoms with E-state index in [2.05, 4.69) is 15.3 Å². The zero-order valence-electron chi connectivity index (χ0n) is 11.6. The fraction of sp³-hybridized carbons (Fsp3) is 0.467. The number of anilines is 1. The van der Waals surface area contributed by atoms with Crippen molar-refractivity contribution in [2.75, 3.05) is 32.2 Å². The molecule has 1 N–H and O–H groups in total. The quantitative estimate of drug-likeness (QED) is 0.925. The Bertz CT molecular complexity index is 577. The Hall–Kier alpha value is -1.72. The maximum Gasteiger partial charge on any atom is 0.137 e. The number of nitrogens with one attached hydrogen (secondary N) is 1. The van der Waals surface area contributed by atoms with E-state index in [0.29, 0.717) is 0 Å². The minimum absolute atomic E-state index is 0.162. The van der Waals surface area contributed by atoms with E-state index in [-0.39, 0.29) is 5.60 Å². The highest BCUT2D eigenvalue weighted by atomic mass is 16.5. The maximum absolute atomic E-state index is 5.73. The molecule has 2 aromatic rings. The summed E-state index contributed by atoms with van der Waals surface area (Å²) in [5, 5.41) is 4.45. The van der Waals surface area contributed by atoms with Crippen molar-refractivity contribution in [2.45, 2.75) is 18.4 Å². The van der Waals surface area contributed by atoms with E-state index in [1.807, 2.05) is 24.3 Å². The number of ether oxygens (including phenoxy) is 2. The maximum atomic E-state index is 5.73. The van der Waals surface area contributed by atoms with Gasteiger partial charge in [0, 0.05) is 45.1 Å². The van der Waals surface area contributed by atoms with Gasteiger partial charge in [-0.15, -0.1) is 0 Å². The highest BCUT2D eigenvalue weighted by Gasteiger charge is 2.32. The van der Waals surface area contributed by atoms with Crippen LogP contribution in [0.5, 0.6) is 0 Å². The van der Waals surface area contributed by atoms with Crippen LogP contribution in [0, 0.1) is 0 Å². The second-order valence-corrected chi connectivity index (χ2v) is 5.09. The number of rotatable bonds is 4. The average molecular weight is 273 g/mol. The lowest BCUT2D eigenvalue weighted by Gasteiger charge is -2.36. The van der Waals surface area contributed by atoms with Crippen LogP contribution in [0.1, 0.15) is 12.8 Å². The van der Waals surface area contributed by atoms with Gasteiger partial charge in [-0.05, 0) is 12.1 Å². The summed E-state index contributed by atoms with van der Waals surface area (Å²) in [7, 11) is 1.77. The third-order valence-corrected chi connectivity index (χ3v) is 3.96. The molecule has 1 aromatic carbocycles. The number of methoxy groups -OCH3 is 1. The van der Waals surface area contributed by atoms with E-state index in [4.69, 9.17) is 9.47 Å². The number of hydrogen-bond donors (Lipinski definition) is 1. The summed E-state index contributed by atoms with van der Waals surface area (Å²) < 4.78 is 11.1. The van der Waals surface area contributed by atoms with E-state index in [1.54, 1.807) is 13.4 Å². The molecule has 1 aliphatic rings. The molecule has 20 heavy (non-hydrogen) atoms. The summed E-state index contributed by atoms with van der Waals surface area (Å²) in [6, 6.07) is 8.00. The number of nitrogens with zero attached hydrogens (tertiary/aromatic N) is 2. The van der Waals surface area contributed by atoms with Gasteiger partial charge in [0.05, 0.1) is 11.1 Å². The molecular formula is C15H19N3O2. The Labute approximate surface area is 118 Å². The van der Waals surface area contributed by atoms with Gasteiger partial charge in [-0.2, -0.15) is 0 Å². The van der Waals surface area contributed by atoms with Crippen molar-refractivity contribution in [3.63, 3.8) is 0 Å². The molecule has 5 heteroatoms. The number of benzene rings is 1. The van der Waals surface area contributed by atoms with E-state index < -0.39 is 0 Å². The molecule has 1 aromatic heterocycles. The van der Waals surface area contributed by atoms with Gasteiger partial charge in [-0.1, -0.05) is 12.1 Å². The molecule has 0 spiro atoms. The zero-order chi connectivity index (χ0) is 13.8. The Kier molecular flexibility index (Phi) is 3.80. The first-order valence-corrected chi connectivity index (χ1v) is 6.89. The molecule has 0 unspecified atom stereocenters. The molecule has 0 saturated carbocycles. The third kappa shape index (κ3) is 2.59. The second-order valence-electron chi connectivity index (χ2n) is 5.09. The Morgan fingerprint density at radius 1 is 1.25 bits per heavy atom. The number of fused-ring (bicyclic) bond motifs is 1. The van der Waals surface area contributed by atoms with Crippen LogP contribution in [0.2, 0.25) is 0 Å². The molecular weight excluding hydrogens is 254 g/mol. The first-order valence-electron chi connectivity index (χ1n) is 6.89. The lowest BCUT2D eigenvalue weighted by atomic mass is 9.94. The lowest BCUT2D eigenvalue weighted by Crippen LogP contribution is -2.44. The van der Waals surface area contributed by atoms with E-state index in [0.717, 1.165) is 49.3 Å². The zero-order valence-corrected chi connectivity index (χ0v) is 11.6. The van der Waals surface area contributed by atoms with Gasteiger partial charge in [0.25, 0.3) is 0 Å². The fourth-order valence-corrected chi connectivity index (χ4v) is 2.59. The van der Waals surface area contributed by atoms with Gasteiger partial charge in [0.15, 0.2) is 0 Å². The van der Waals surface area contributed by atoms with Gasteiger partial charge < -0.3 is 14.8 Å². The smallest absolute Gasteiger partial charge is 0.137 e. The van der Waals surface area contributed by atoms with Crippen molar-refractivity contribution in [3.05, 3.63) is 30.6 Å². The fourth-order valence-electron chi connectivity index (χ4n) is 2.59. The van der Waals surface area contributed by atoms with Gasteiger partial charge in [0.1, 0.15) is 12.1 Å². The van der Waals surface area contributed by atoms with Crippen LogP contribution < -0.4 is 5.32 Å². The van der Waals surface area contributed by atoms with Crippen LogP contribution in [-0.4, -0.2) is 42.4 Å². The van der Waals surface area contributed by atoms with Crippen molar-refractivity contribution in [3.8, 4) is 0 Å². The van der Waals surface area contributed by atoms with Gasteiger partial charge in [-0.25, -0.2) is 9.97 Å². The molecule has 106 valence electrons. The first kappa shape index (κ1) is 13.3. The second kappa shape index (κ2) is 5.73. The van der Waals surface area contributed by atoms with Crippen molar-refractivity contribution >= 4 is 16.7 Å². The summed E-state index contributed by atoms with van der Waals surface area (Å²) in [6.07, 6.45) is 3.40. The number of para-hydroxylation sites is 1. The molecule has 0 radical (unpaired) electrons. The topological polar surface area (TPSA) is 56.3 Å². The Morgan fingerprint density at radius 2 is 2.05 bits per heavy atom. The van der Waals surface area contributed by atoms with Crippen molar-refractivity contribution < 1.29 is 9.47 Å². The lowest BCUT2D eigenvalue weighted by molar-refractivity contribution is -0.0807. The summed E-state index contributed by atoms with van der Waals surface area (Å²) >= 11 is 0. The van der Waals surface area contributed by atoms with Crippen LogP contribution in [-0.2, 0) is 9.47 Å². The largest absolute Gasteiger partial charge is 0.381 e. The van der Waals surface area contributed by atoms with Gasteiger partial charge in [-0.3, -0.25) is 0 Å². The summed E-state index contributed by atoms with van der Waals surface area (Å²) in [5.41, 5.74) is 0.785. The van der Waals surface area contributed by atoms with Gasteiger partial charge >= 0.3 is 0 Å². The van der Waals surface area contributed by atoms with Crippen molar-refractivity contribution in [1.29, 1.82) is 0 Å². The standard InChI is InChI=1S/C15H19N3O2/c1-19-15(6-8-20-9-7-15)10-16-14-12-4-2-3-5-13(12)17-11-18-14/h2-5,11H,6-10H2,1H3,(H,16,17,18). The highest BCUT2D eigenvalue weighted by molar-refractivity contribution is 5.88. The molecule has 3 rings (SSSR count). The van der Waals surface area contributed by atoms with Crippen LogP contribution in [0.3, 0.4) is 0 Å². The SMILES string of the molecule is COC1(CNc2ncnc3ccccc23)CCOCC1. The monoisotopic (exact) mass is 273 g/mol. The third-order valence-electron chi connectivity index (χ3n) is 3.96. The number of aromatic nitrogens is 2. The summed E-state index contributed by atoms with van der Waals surface area (Å²) in [4.78, 5) is 8.62. The molecule has 2 heterocycles. The first-order chi connectivity index (χ1) is 9.83. The van der Waals surface area contributed by atoms with E-state index in [1.165, 1.54) is 0 Å². The minimum Gasteiger partial charge on any atom is -0.381 e. The molecule has 1 fully saturated rings. The predicted octanol–water partition coefficient (Wildman–Crippen LogP) is 2.24. The van der Waals surface area contributed by atoms with Crippen LogP contribution in [0.15, 0.2) is 30.6 Å².